The van der Waals surface area contributed by atoms with Crippen molar-refractivity contribution in [2.75, 3.05) is 5.32 Å². The van der Waals surface area contributed by atoms with Crippen LogP contribution in [0.5, 0.6) is 0 Å². The van der Waals surface area contributed by atoms with Crippen molar-refractivity contribution in [1.29, 1.82) is 5.26 Å². The maximum Gasteiger partial charge on any atom is 0.266 e. The third kappa shape index (κ3) is 3.59. The van der Waals surface area contributed by atoms with E-state index in [9.17, 15) is 4.79 Å². The molecular weight excluding hydrogens is 318 g/mol. The van der Waals surface area contributed by atoms with Gasteiger partial charge in [-0.25, -0.2) is 0 Å². The molecule has 5 heteroatoms. The lowest BCUT2D eigenvalue weighted by Crippen LogP contribution is -2.13. The maximum absolute atomic E-state index is 12.0. The minimum absolute atomic E-state index is 0.0686. The Bertz CT molecular complexity index is 693. The van der Waals surface area contributed by atoms with Gasteiger partial charge in [-0.1, -0.05) is 15.9 Å². The second-order valence-corrected chi connectivity index (χ2v) is 5.16. The number of benzene rings is 1. The Hall–Kier alpha value is -2.32. The summed E-state index contributed by atoms with van der Waals surface area (Å²) in [6, 6.07) is 10.9. The lowest BCUT2D eigenvalue weighted by Gasteiger charge is -2.03. The molecule has 1 aromatic heterocycles. The van der Waals surface area contributed by atoms with Gasteiger partial charge in [0.2, 0.25) is 0 Å². The highest BCUT2D eigenvalue weighted by molar-refractivity contribution is 9.10. The predicted molar refractivity (Wildman–Crippen MR) is 81.8 cm³/mol. The van der Waals surface area contributed by atoms with E-state index in [1.807, 2.05) is 48.3 Å². The third-order valence-electron chi connectivity index (χ3n) is 2.63. The van der Waals surface area contributed by atoms with Crippen molar-refractivity contribution in [3.05, 3.63) is 58.3 Å². The van der Waals surface area contributed by atoms with E-state index in [2.05, 4.69) is 21.2 Å². The Kier molecular flexibility index (Phi) is 4.38. The second-order valence-electron chi connectivity index (χ2n) is 4.24. The molecule has 1 amide bonds. The highest BCUT2D eigenvalue weighted by Gasteiger charge is 2.09. The Morgan fingerprint density at radius 2 is 2.05 bits per heavy atom. The number of hydrogen-bond acceptors (Lipinski definition) is 2. The van der Waals surface area contributed by atoms with Crippen LogP contribution in [0.1, 0.15) is 5.56 Å². The van der Waals surface area contributed by atoms with Crippen LogP contribution in [-0.2, 0) is 11.8 Å². The number of halogens is 1. The number of nitrogens with zero attached hydrogens (tertiary/aromatic N) is 2. The summed E-state index contributed by atoms with van der Waals surface area (Å²) in [6.45, 7) is 0. The third-order valence-corrected chi connectivity index (χ3v) is 3.16. The molecule has 0 saturated heterocycles. The van der Waals surface area contributed by atoms with Gasteiger partial charge >= 0.3 is 0 Å². The molecule has 0 atom stereocenters. The number of carbonyl (C=O) groups excluding carboxylic acids is 1. The molecule has 1 aromatic carbocycles. The van der Waals surface area contributed by atoms with E-state index in [4.69, 9.17) is 5.26 Å². The van der Waals surface area contributed by atoms with Crippen LogP contribution in [0.2, 0.25) is 0 Å². The SMILES string of the molecule is Cn1ccc(/C=C(\C#N)C(=O)Nc2ccc(Br)cc2)c1. The average Bonchev–Trinajstić information content (AvgIpc) is 2.84. The maximum atomic E-state index is 12.0. The molecule has 0 saturated carbocycles. The lowest BCUT2D eigenvalue weighted by atomic mass is 10.2. The van der Waals surface area contributed by atoms with Crippen molar-refractivity contribution >= 4 is 33.6 Å². The van der Waals surface area contributed by atoms with Crippen LogP contribution in [0.15, 0.2) is 52.8 Å². The zero-order valence-corrected chi connectivity index (χ0v) is 12.4. The van der Waals surface area contributed by atoms with Gasteiger partial charge in [0.1, 0.15) is 11.6 Å². The van der Waals surface area contributed by atoms with E-state index in [1.165, 1.54) is 0 Å². The standard InChI is InChI=1S/C15H12BrN3O/c1-19-7-6-11(10-19)8-12(9-17)15(20)18-14-4-2-13(16)3-5-14/h2-8,10H,1H3,(H,18,20)/b12-8+. The first kappa shape index (κ1) is 14.1. The van der Waals surface area contributed by atoms with Crippen LogP contribution in [0.4, 0.5) is 5.69 Å². The van der Waals surface area contributed by atoms with Crippen molar-refractivity contribution in [2.45, 2.75) is 0 Å². The van der Waals surface area contributed by atoms with Gasteiger partial charge < -0.3 is 9.88 Å². The van der Waals surface area contributed by atoms with Crippen LogP contribution < -0.4 is 5.32 Å². The van der Waals surface area contributed by atoms with Crippen molar-refractivity contribution in [2.24, 2.45) is 7.05 Å². The van der Waals surface area contributed by atoms with E-state index < -0.39 is 5.91 Å². The van der Waals surface area contributed by atoms with E-state index in [-0.39, 0.29) is 5.57 Å². The Labute approximate surface area is 125 Å². The van der Waals surface area contributed by atoms with Gasteiger partial charge in [0.25, 0.3) is 5.91 Å². The lowest BCUT2D eigenvalue weighted by molar-refractivity contribution is -0.112. The molecule has 1 N–H and O–H groups in total. The van der Waals surface area contributed by atoms with Crippen LogP contribution in [0.3, 0.4) is 0 Å². The number of aromatic nitrogens is 1. The minimum atomic E-state index is -0.418. The Morgan fingerprint density at radius 3 is 2.60 bits per heavy atom. The highest BCUT2D eigenvalue weighted by atomic mass is 79.9. The summed E-state index contributed by atoms with van der Waals surface area (Å²) < 4.78 is 2.78. The summed E-state index contributed by atoms with van der Waals surface area (Å²) in [7, 11) is 1.88. The van der Waals surface area contributed by atoms with Crippen LogP contribution in [-0.4, -0.2) is 10.5 Å². The summed E-state index contributed by atoms with van der Waals surface area (Å²) in [5.74, 6) is -0.418. The van der Waals surface area contributed by atoms with Crippen molar-refractivity contribution in [3.8, 4) is 6.07 Å². The van der Waals surface area contributed by atoms with Crippen molar-refractivity contribution < 1.29 is 4.79 Å². The number of nitrogens with one attached hydrogen (secondary N) is 1. The molecule has 0 fully saturated rings. The zero-order chi connectivity index (χ0) is 14.5. The van der Waals surface area contributed by atoms with Crippen molar-refractivity contribution in [3.63, 3.8) is 0 Å². The smallest absolute Gasteiger partial charge is 0.266 e. The molecule has 0 aliphatic heterocycles. The number of aryl methyl sites for hydroxylation is 1. The molecule has 0 aliphatic rings. The fourth-order valence-electron chi connectivity index (χ4n) is 1.66. The van der Waals surface area contributed by atoms with E-state index in [1.54, 1.807) is 18.2 Å². The number of anilines is 1. The van der Waals surface area contributed by atoms with Crippen LogP contribution >= 0.6 is 15.9 Å². The molecule has 20 heavy (non-hydrogen) atoms. The first-order valence-electron chi connectivity index (χ1n) is 5.89. The molecule has 4 nitrogen and oxygen atoms in total. The molecule has 0 aliphatic carbocycles. The number of amides is 1. The topological polar surface area (TPSA) is 57.8 Å². The molecule has 0 spiro atoms. The molecular formula is C15H12BrN3O. The van der Waals surface area contributed by atoms with Gasteiger partial charge in [-0.3, -0.25) is 4.79 Å². The number of carbonyl (C=O) groups is 1. The number of hydrogen-bond donors (Lipinski definition) is 1. The highest BCUT2D eigenvalue weighted by Crippen LogP contribution is 2.15. The predicted octanol–water partition coefficient (Wildman–Crippen LogP) is 3.33. The van der Waals surface area contributed by atoms with Gasteiger partial charge in [0.05, 0.1) is 0 Å². The molecule has 0 unspecified atom stereocenters. The molecule has 0 radical (unpaired) electrons. The largest absolute Gasteiger partial charge is 0.357 e. The molecule has 2 aromatic rings. The van der Waals surface area contributed by atoms with Gasteiger partial charge in [-0.05, 0) is 42.0 Å². The number of nitriles is 1. The first-order valence-corrected chi connectivity index (χ1v) is 6.68. The van der Waals surface area contributed by atoms with Gasteiger partial charge in [-0.2, -0.15) is 5.26 Å². The van der Waals surface area contributed by atoms with Crippen molar-refractivity contribution in [1.82, 2.24) is 4.57 Å². The van der Waals surface area contributed by atoms with Crippen LogP contribution in [0.25, 0.3) is 6.08 Å². The average molecular weight is 330 g/mol. The first-order chi connectivity index (χ1) is 9.58. The fraction of sp³-hybridized carbons (Fsp3) is 0.0667. The second kappa shape index (κ2) is 6.22. The molecule has 2 rings (SSSR count). The summed E-state index contributed by atoms with van der Waals surface area (Å²) in [5.41, 5.74) is 1.53. The Morgan fingerprint density at radius 1 is 1.35 bits per heavy atom. The Balaban J connectivity index is 2.16. The van der Waals surface area contributed by atoms with Gasteiger partial charge in [-0.15, -0.1) is 0 Å². The summed E-state index contributed by atoms with van der Waals surface area (Å²) in [4.78, 5) is 12.0. The summed E-state index contributed by atoms with van der Waals surface area (Å²) in [6.07, 6.45) is 5.26. The van der Waals surface area contributed by atoms with E-state index in [0.717, 1.165) is 10.0 Å². The molecule has 0 bridgehead atoms. The quantitative estimate of drug-likeness (QED) is 0.693. The van der Waals surface area contributed by atoms with Gasteiger partial charge in [0, 0.05) is 29.6 Å². The molecule has 1 heterocycles. The van der Waals surface area contributed by atoms with E-state index >= 15 is 0 Å². The van der Waals surface area contributed by atoms with E-state index in [0.29, 0.717) is 5.69 Å². The molecule has 100 valence electrons. The minimum Gasteiger partial charge on any atom is -0.357 e. The summed E-state index contributed by atoms with van der Waals surface area (Å²) in [5, 5.41) is 11.8. The normalized spacial score (nSPS) is 10.9. The fourth-order valence-corrected chi connectivity index (χ4v) is 1.92. The zero-order valence-electron chi connectivity index (χ0n) is 10.8. The monoisotopic (exact) mass is 329 g/mol. The summed E-state index contributed by atoms with van der Waals surface area (Å²) >= 11 is 3.32. The van der Waals surface area contributed by atoms with Crippen LogP contribution in [0, 0.1) is 11.3 Å². The van der Waals surface area contributed by atoms with Gasteiger partial charge in [0.15, 0.2) is 0 Å². The number of rotatable bonds is 3.